The van der Waals surface area contributed by atoms with Gasteiger partial charge in [0.15, 0.2) is 11.5 Å². The molecule has 0 bridgehead atoms. The number of methoxy groups -OCH3 is 2. The Kier molecular flexibility index (Phi) is 5.22. The summed E-state index contributed by atoms with van der Waals surface area (Å²) in [5.41, 5.74) is 4.64. The maximum absolute atomic E-state index is 5.77. The van der Waals surface area contributed by atoms with Gasteiger partial charge in [0.2, 0.25) is 0 Å². The highest BCUT2D eigenvalue weighted by atomic mass is 16.5. The van der Waals surface area contributed by atoms with Crippen LogP contribution in [0.25, 0.3) is 10.9 Å². The van der Waals surface area contributed by atoms with Gasteiger partial charge in [-0.25, -0.2) is 0 Å². The predicted octanol–water partition coefficient (Wildman–Crippen LogP) is 3.41. The molecular formula is C23H31N3O3. The van der Waals surface area contributed by atoms with Gasteiger partial charge in [0.05, 0.1) is 33.0 Å². The first-order valence-corrected chi connectivity index (χ1v) is 10.9. The zero-order valence-electron chi connectivity index (χ0n) is 17.5. The fourth-order valence-corrected chi connectivity index (χ4v) is 4.87. The highest BCUT2D eigenvalue weighted by Gasteiger charge is 2.33. The summed E-state index contributed by atoms with van der Waals surface area (Å²) >= 11 is 0. The highest BCUT2D eigenvalue weighted by molar-refractivity contribution is 5.96. The van der Waals surface area contributed by atoms with Crippen molar-refractivity contribution in [1.29, 1.82) is 0 Å². The zero-order valence-corrected chi connectivity index (χ0v) is 17.5. The summed E-state index contributed by atoms with van der Waals surface area (Å²) < 4.78 is 16.9. The SMILES string of the molecule is COc1cc2nc3c(c(N[C@@H]4CCCN(C5CC5)C4)c2cc1OC)CCOCC3. The van der Waals surface area contributed by atoms with Crippen molar-refractivity contribution < 1.29 is 14.2 Å². The Morgan fingerprint density at radius 3 is 2.66 bits per heavy atom. The molecule has 0 unspecified atom stereocenters. The topological polar surface area (TPSA) is 55.9 Å². The van der Waals surface area contributed by atoms with E-state index < -0.39 is 0 Å². The van der Waals surface area contributed by atoms with E-state index in [9.17, 15) is 0 Å². The second-order valence-electron chi connectivity index (χ2n) is 8.46. The quantitative estimate of drug-likeness (QED) is 0.835. The number of pyridine rings is 1. The molecule has 1 atom stereocenters. The van der Waals surface area contributed by atoms with Gasteiger partial charge in [0, 0.05) is 47.9 Å². The van der Waals surface area contributed by atoms with Crippen LogP contribution in [0.3, 0.4) is 0 Å². The third-order valence-electron chi connectivity index (χ3n) is 6.52. The van der Waals surface area contributed by atoms with Crippen molar-refractivity contribution in [2.75, 3.05) is 45.8 Å². The number of piperidine rings is 1. The number of hydrogen-bond acceptors (Lipinski definition) is 6. The molecule has 0 amide bonds. The van der Waals surface area contributed by atoms with Crippen LogP contribution < -0.4 is 14.8 Å². The van der Waals surface area contributed by atoms with Crippen molar-refractivity contribution >= 4 is 16.6 Å². The maximum Gasteiger partial charge on any atom is 0.162 e. The van der Waals surface area contributed by atoms with Gasteiger partial charge in [-0.3, -0.25) is 9.88 Å². The van der Waals surface area contributed by atoms with Crippen molar-refractivity contribution in [1.82, 2.24) is 9.88 Å². The molecule has 1 N–H and O–H groups in total. The minimum absolute atomic E-state index is 0.469. The molecular weight excluding hydrogens is 366 g/mol. The Morgan fingerprint density at radius 1 is 1.07 bits per heavy atom. The highest BCUT2D eigenvalue weighted by Crippen LogP contribution is 2.39. The molecule has 1 aromatic heterocycles. The maximum atomic E-state index is 5.77. The number of ether oxygens (including phenoxy) is 3. The Hall–Kier alpha value is -2.05. The van der Waals surface area contributed by atoms with E-state index in [4.69, 9.17) is 19.2 Å². The van der Waals surface area contributed by atoms with E-state index in [1.807, 2.05) is 6.07 Å². The third kappa shape index (κ3) is 3.76. The molecule has 6 nitrogen and oxygen atoms in total. The van der Waals surface area contributed by atoms with Crippen molar-refractivity contribution in [2.24, 2.45) is 0 Å². The number of hydrogen-bond donors (Lipinski definition) is 1. The van der Waals surface area contributed by atoms with Crippen molar-refractivity contribution in [3.8, 4) is 11.5 Å². The fraction of sp³-hybridized carbons (Fsp3) is 0.609. The van der Waals surface area contributed by atoms with Crippen LogP contribution in [0.15, 0.2) is 12.1 Å². The number of anilines is 1. The fourth-order valence-electron chi connectivity index (χ4n) is 4.87. The van der Waals surface area contributed by atoms with E-state index in [1.165, 1.54) is 43.5 Å². The smallest absolute Gasteiger partial charge is 0.162 e. The lowest BCUT2D eigenvalue weighted by atomic mass is 9.99. The van der Waals surface area contributed by atoms with E-state index in [0.29, 0.717) is 6.04 Å². The first-order chi connectivity index (χ1) is 14.3. The lowest BCUT2D eigenvalue weighted by Crippen LogP contribution is -2.43. The number of likely N-dealkylation sites (tertiary alicyclic amines) is 1. The van der Waals surface area contributed by atoms with Crippen LogP contribution in [-0.2, 0) is 17.6 Å². The van der Waals surface area contributed by atoms with Crippen LogP contribution in [0.1, 0.15) is 36.9 Å². The summed E-state index contributed by atoms with van der Waals surface area (Å²) in [6.07, 6.45) is 6.97. The van der Waals surface area contributed by atoms with Gasteiger partial charge in [0.1, 0.15) is 0 Å². The Balaban J connectivity index is 1.57. The largest absolute Gasteiger partial charge is 0.493 e. The molecule has 1 saturated carbocycles. The second-order valence-corrected chi connectivity index (χ2v) is 8.46. The van der Waals surface area contributed by atoms with Gasteiger partial charge in [-0.15, -0.1) is 0 Å². The van der Waals surface area contributed by atoms with Gasteiger partial charge < -0.3 is 19.5 Å². The molecule has 3 heterocycles. The number of nitrogens with one attached hydrogen (secondary N) is 1. The van der Waals surface area contributed by atoms with Gasteiger partial charge in [-0.2, -0.15) is 0 Å². The van der Waals surface area contributed by atoms with E-state index in [-0.39, 0.29) is 0 Å². The molecule has 0 radical (unpaired) electrons. The molecule has 2 aromatic rings. The monoisotopic (exact) mass is 397 g/mol. The van der Waals surface area contributed by atoms with E-state index in [2.05, 4.69) is 16.3 Å². The molecule has 1 saturated heterocycles. The summed E-state index contributed by atoms with van der Waals surface area (Å²) in [6, 6.07) is 5.37. The molecule has 5 rings (SSSR count). The molecule has 2 aliphatic heterocycles. The van der Waals surface area contributed by atoms with E-state index in [1.54, 1.807) is 14.2 Å². The Labute approximate surface area is 172 Å². The molecule has 1 aliphatic carbocycles. The standard InChI is InChI=1S/C23H31N3O3/c1-27-21-12-18-20(13-22(21)28-2)25-19-8-11-29-10-7-17(19)23(18)24-15-4-3-9-26(14-15)16-5-6-16/h12-13,15-16H,3-11,14H2,1-2H3,(H,24,25)/t15-/m1/s1. The summed E-state index contributed by atoms with van der Waals surface area (Å²) in [5.74, 6) is 1.47. The van der Waals surface area contributed by atoms with Crippen LogP contribution in [-0.4, -0.2) is 62.5 Å². The molecule has 1 aromatic carbocycles. The molecule has 0 spiro atoms. The van der Waals surface area contributed by atoms with Gasteiger partial charge in [-0.1, -0.05) is 0 Å². The number of fused-ring (bicyclic) bond motifs is 2. The van der Waals surface area contributed by atoms with Crippen molar-refractivity contribution in [3.63, 3.8) is 0 Å². The molecule has 29 heavy (non-hydrogen) atoms. The first kappa shape index (κ1) is 18.9. The molecule has 156 valence electrons. The van der Waals surface area contributed by atoms with Gasteiger partial charge >= 0.3 is 0 Å². The van der Waals surface area contributed by atoms with Gasteiger partial charge in [0.25, 0.3) is 0 Å². The first-order valence-electron chi connectivity index (χ1n) is 10.9. The second kappa shape index (κ2) is 8.00. The molecule has 3 aliphatic rings. The van der Waals surface area contributed by atoms with Crippen LogP contribution >= 0.6 is 0 Å². The summed E-state index contributed by atoms with van der Waals surface area (Å²) in [7, 11) is 3.37. The zero-order chi connectivity index (χ0) is 19.8. The average Bonchev–Trinajstić information content (AvgIpc) is 3.60. The minimum atomic E-state index is 0.469. The lowest BCUT2D eigenvalue weighted by Gasteiger charge is -2.34. The summed E-state index contributed by atoms with van der Waals surface area (Å²) in [5, 5.41) is 5.07. The van der Waals surface area contributed by atoms with Crippen LogP contribution in [0.2, 0.25) is 0 Å². The minimum Gasteiger partial charge on any atom is -0.493 e. The van der Waals surface area contributed by atoms with Crippen LogP contribution in [0, 0.1) is 0 Å². The molecule has 6 heteroatoms. The Bertz CT molecular complexity index is 897. The number of rotatable bonds is 5. The van der Waals surface area contributed by atoms with Crippen molar-refractivity contribution in [2.45, 2.75) is 50.6 Å². The summed E-state index contributed by atoms with van der Waals surface area (Å²) in [6.45, 7) is 3.86. The van der Waals surface area contributed by atoms with E-state index in [0.717, 1.165) is 66.7 Å². The normalized spacial score (nSPS) is 22.8. The van der Waals surface area contributed by atoms with E-state index >= 15 is 0 Å². The lowest BCUT2D eigenvalue weighted by molar-refractivity contribution is 0.146. The number of benzene rings is 1. The van der Waals surface area contributed by atoms with Crippen molar-refractivity contribution in [3.05, 3.63) is 23.4 Å². The molecule has 2 fully saturated rings. The van der Waals surface area contributed by atoms with Crippen LogP contribution in [0.4, 0.5) is 5.69 Å². The number of nitrogens with zero attached hydrogens (tertiary/aromatic N) is 2. The Morgan fingerprint density at radius 2 is 1.86 bits per heavy atom. The third-order valence-corrected chi connectivity index (χ3v) is 6.52. The predicted molar refractivity (Wildman–Crippen MR) is 114 cm³/mol. The van der Waals surface area contributed by atoms with Crippen LogP contribution in [0.5, 0.6) is 11.5 Å². The summed E-state index contributed by atoms with van der Waals surface area (Å²) in [4.78, 5) is 7.68. The van der Waals surface area contributed by atoms with Gasteiger partial charge in [-0.05, 0) is 50.3 Å². The average molecular weight is 398 g/mol. The number of aromatic nitrogens is 1.